The van der Waals surface area contributed by atoms with Gasteiger partial charge >= 0.3 is 0 Å². The molecule has 0 radical (unpaired) electrons. The summed E-state index contributed by atoms with van der Waals surface area (Å²) in [7, 11) is -3.53. The van der Waals surface area contributed by atoms with Crippen LogP contribution in [0.25, 0.3) is 0 Å². The Morgan fingerprint density at radius 1 is 1.08 bits per heavy atom. The van der Waals surface area contributed by atoms with Gasteiger partial charge in [-0.1, -0.05) is 18.0 Å². The maximum Gasteiger partial charge on any atom is 0.255 e. The number of halogens is 1. The van der Waals surface area contributed by atoms with Gasteiger partial charge in [0.2, 0.25) is 10.0 Å². The van der Waals surface area contributed by atoms with Gasteiger partial charge in [-0.05, 0) is 68.3 Å². The third-order valence-corrected chi connectivity index (χ3v) is 6.85. The smallest absolute Gasteiger partial charge is 0.255 e. The summed E-state index contributed by atoms with van der Waals surface area (Å²) in [6.07, 6.45) is 2.81. The van der Waals surface area contributed by atoms with Gasteiger partial charge in [-0.15, -0.1) is 0 Å². The molecule has 5 nitrogen and oxygen atoms in total. The van der Waals surface area contributed by atoms with Crippen molar-refractivity contribution in [1.29, 1.82) is 0 Å². The Morgan fingerprint density at radius 3 is 2.35 bits per heavy atom. The molecule has 1 atom stereocenters. The molecule has 1 N–H and O–H groups in total. The molecular formula is C19H21ClN2O3S. The van der Waals surface area contributed by atoms with Crippen LogP contribution in [0.1, 0.15) is 36.5 Å². The maximum absolute atomic E-state index is 12.8. The Hall–Kier alpha value is -1.89. The fourth-order valence-electron chi connectivity index (χ4n) is 3.08. The number of carbonyl (C=O) groups is 1. The molecule has 0 aliphatic carbocycles. The molecule has 0 spiro atoms. The highest BCUT2D eigenvalue weighted by molar-refractivity contribution is 7.89. The SMILES string of the molecule is CC1CCCCN1S(=O)(=O)c1ccc(C(=O)Nc2ccc(Cl)cc2)cc1. The first-order valence-corrected chi connectivity index (χ1v) is 10.4. The monoisotopic (exact) mass is 392 g/mol. The number of hydrogen-bond acceptors (Lipinski definition) is 3. The molecule has 0 bridgehead atoms. The average Bonchev–Trinajstić information content (AvgIpc) is 2.64. The molecule has 7 heteroatoms. The zero-order valence-electron chi connectivity index (χ0n) is 14.5. The number of anilines is 1. The molecule has 1 aliphatic rings. The van der Waals surface area contributed by atoms with Crippen LogP contribution >= 0.6 is 11.6 Å². The van der Waals surface area contributed by atoms with E-state index in [2.05, 4.69) is 5.32 Å². The van der Waals surface area contributed by atoms with E-state index in [0.717, 1.165) is 19.3 Å². The first-order chi connectivity index (χ1) is 12.4. The molecule has 3 rings (SSSR count). The second-order valence-corrected chi connectivity index (χ2v) is 8.77. The number of hydrogen-bond donors (Lipinski definition) is 1. The summed E-state index contributed by atoms with van der Waals surface area (Å²) in [5.74, 6) is -0.303. The molecule has 138 valence electrons. The van der Waals surface area contributed by atoms with E-state index in [0.29, 0.717) is 22.8 Å². The van der Waals surface area contributed by atoms with Gasteiger partial charge in [0.15, 0.2) is 0 Å². The molecule has 1 heterocycles. The zero-order chi connectivity index (χ0) is 18.7. The number of piperidine rings is 1. The standard InChI is InChI=1S/C19H21ClN2O3S/c1-14-4-2-3-13-22(14)26(24,25)18-11-5-15(6-12-18)19(23)21-17-9-7-16(20)8-10-17/h5-12,14H,2-4,13H2,1H3,(H,21,23). The Labute approximate surface area is 159 Å². The van der Waals surface area contributed by atoms with Gasteiger partial charge in [-0.3, -0.25) is 4.79 Å². The summed E-state index contributed by atoms with van der Waals surface area (Å²) < 4.78 is 27.2. The van der Waals surface area contributed by atoms with Crippen molar-refractivity contribution in [3.63, 3.8) is 0 Å². The van der Waals surface area contributed by atoms with Gasteiger partial charge in [-0.2, -0.15) is 4.31 Å². The van der Waals surface area contributed by atoms with Crippen LogP contribution in [-0.4, -0.2) is 31.2 Å². The molecule has 26 heavy (non-hydrogen) atoms. The van der Waals surface area contributed by atoms with E-state index in [1.807, 2.05) is 6.92 Å². The summed E-state index contributed by atoms with van der Waals surface area (Å²) in [4.78, 5) is 12.5. The Kier molecular flexibility index (Phi) is 5.65. The highest BCUT2D eigenvalue weighted by Crippen LogP contribution is 2.25. The van der Waals surface area contributed by atoms with Gasteiger partial charge in [0.1, 0.15) is 0 Å². The molecule has 0 saturated carbocycles. The summed E-state index contributed by atoms with van der Waals surface area (Å²) in [6.45, 7) is 2.48. The highest BCUT2D eigenvalue weighted by atomic mass is 35.5. The number of sulfonamides is 1. The first-order valence-electron chi connectivity index (χ1n) is 8.57. The molecule has 2 aromatic rings. The third kappa shape index (κ3) is 4.09. The minimum atomic E-state index is -3.53. The van der Waals surface area contributed by atoms with Crippen molar-refractivity contribution in [2.75, 3.05) is 11.9 Å². The molecule has 1 saturated heterocycles. The molecule has 1 aliphatic heterocycles. The fraction of sp³-hybridized carbons (Fsp3) is 0.316. The zero-order valence-corrected chi connectivity index (χ0v) is 16.1. The summed E-state index contributed by atoms with van der Waals surface area (Å²) in [5.41, 5.74) is 1.02. The van der Waals surface area contributed by atoms with Crippen LogP contribution in [0.5, 0.6) is 0 Å². The molecule has 1 unspecified atom stereocenters. The lowest BCUT2D eigenvalue weighted by molar-refractivity contribution is 0.102. The lowest BCUT2D eigenvalue weighted by Gasteiger charge is -2.32. The van der Waals surface area contributed by atoms with E-state index in [1.54, 1.807) is 28.6 Å². The van der Waals surface area contributed by atoms with Crippen LogP contribution in [0, 0.1) is 0 Å². The van der Waals surface area contributed by atoms with Crippen molar-refractivity contribution in [2.24, 2.45) is 0 Å². The Bertz CT molecular complexity index is 880. The van der Waals surface area contributed by atoms with E-state index < -0.39 is 10.0 Å². The number of amides is 1. The van der Waals surface area contributed by atoms with Crippen molar-refractivity contribution in [3.8, 4) is 0 Å². The number of benzene rings is 2. The number of rotatable bonds is 4. The molecular weight excluding hydrogens is 372 g/mol. The highest BCUT2D eigenvalue weighted by Gasteiger charge is 2.30. The Morgan fingerprint density at radius 2 is 1.73 bits per heavy atom. The molecule has 0 aromatic heterocycles. The van der Waals surface area contributed by atoms with Crippen LogP contribution < -0.4 is 5.32 Å². The topological polar surface area (TPSA) is 66.5 Å². The Balaban J connectivity index is 1.75. The van der Waals surface area contributed by atoms with Gasteiger partial charge in [0, 0.05) is 28.9 Å². The van der Waals surface area contributed by atoms with Crippen molar-refractivity contribution >= 4 is 33.2 Å². The van der Waals surface area contributed by atoms with Crippen molar-refractivity contribution in [1.82, 2.24) is 4.31 Å². The van der Waals surface area contributed by atoms with Crippen molar-refractivity contribution in [3.05, 3.63) is 59.1 Å². The fourth-order valence-corrected chi connectivity index (χ4v) is 4.90. The lowest BCUT2D eigenvalue weighted by atomic mass is 10.1. The van der Waals surface area contributed by atoms with E-state index in [-0.39, 0.29) is 16.8 Å². The second-order valence-electron chi connectivity index (χ2n) is 6.45. The molecule has 2 aromatic carbocycles. The largest absolute Gasteiger partial charge is 0.322 e. The van der Waals surface area contributed by atoms with Gasteiger partial charge in [0.25, 0.3) is 5.91 Å². The van der Waals surface area contributed by atoms with Crippen molar-refractivity contribution < 1.29 is 13.2 Å². The normalized spacial score (nSPS) is 18.5. The lowest BCUT2D eigenvalue weighted by Crippen LogP contribution is -2.41. The summed E-state index contributed by atoms with van der Waals surface area (Å²) in [6, 6.07) is 12.8. The van der Waals surface area contributed by atoms with Crippen LogP contribution in [0.4, 0.5) is 5.69 Å². The second kappa shape index (κ2) is 7.78. The average molecular weight is 393 g/mol. The molecule has 1 amide bonds. The summed E-state index contributed by atoms with van der Waals surface area (Å²) >= 11 is 5.83. The predicted octanol–water partition coefficient (Wildman–Crippen LogP) is 4.16. The maximum atomic E-state index is 12.8. The van der Waals surface area contributed by atoms with E-state index in [4.69, 9.17) is 11.6 Å². The van der Waals surface area contributed by atoms with Gasteiger partial charge in [-0.25, -0.2) is 8.42 Å². The van der Waals surface area contributed by atoms with Crippen LogP contribution in [-0.2, 0) is 10.0 Å². The minimum absolute atomic E-state index is 0.00151. The minimum Gasteiger partial charge on any atom is -0.322 e. The quantitative estimate of drug-likeness (QED) is 0.849. The van der Waals surface area contributed by atoms with Gasteiger partial charge < -0.3 is 5.32 Å². The van der Waals surface area contributed by atoms with Gasteiger partial charge in [0.05, 0.1) is 4.90 Å². The third-order valence-electron chi connectivity index (χ3n) is 4.57. The van der Waals surface area contributed by atoms with Crippen molar-refractivity contribution in [2.45, 2.75) is 37.1 Å². The number of carbonyl (C=O) groups excluding carboxylic acids is 1. The predicted molar refractivity (Wildman–Crippen MR) is 103 cm³/mol. The summed E-state index contributed by atoms with van der Waals surface area (Å²) in [5, 5.41) is 3.34. The van der Waals surface area contributed by atoms with Crippen LogP contribution in [0.15, 0.2) is 53.4 Å². The van der Waals surface area contributed by atoms with Crippen LogP contribution in [0.2, 0.25) is 5.02 Å². The molecule has 1 fully saturated rings. The number of nitrogens with zero attached hydrogens (tertiary/aromatic N) is 1. The van der Waals surface area contributed by atoms with E-state index in [1.165, 1.54) is 24.3 Å². The van der Waals surface area contributed by atoms with Crippen LogP contribution in [0.3, 0.4) is 0 Å². The first kappa shape index (κ1) is 18.9. The van der Waals surface area contributed by atoms with E-state index >= 15 is 0 Å². The van der Waals surface area contributed by atoms with E-state index in [9.17, 15) is 13.2 Å². The number of nitrogens with one attached hydrogen (secondary N) is 1.